The van der Waals surface area contributed by atoms with E-state index in [2.05, 4.69) is 16.1 Å². The third-order valence-corrected chi connectivity index (χ3v) is 4.75. The third kappa shape index (κ3) is 5.10. The van der Waals surface area contributed by atoms with Gasteiger partial charge in [-0.3, -0.25) is 19.8 Å². The van der Waals surface area contributed by atoms with Crippen LogP contribution in [0.25, 0.3) is 10.9 Å². The first-order valence-electron chi connectivity index (χ1n) is 9.39. The van der Waals surface area contributed by atoms with Crippen molar-refractivity contribution in [2.45, 2.75) is 13.3 Å². The monoisotopic (exact) mass is 462 g/mol. The largest absolute Gasteiger partial charge is 0.494 e. The van der Waals surface area contributed by atoms with Crippen molar-refractivity contribution in [3.05, 3.63) is 58.2 Å². The van der Waals surface area contributed by atoms with E-state index in [9.17, 15) is 14.4 Å². The number of anilines is 1. The van der Waals surface area contributed by atoms with Crippen LogP contribution in [0, 0.1) is 0 Å². The van der Waals surface area contributed by atoms with Crippen molar-refractivity contribution < 1.29 is 19.1 Å². The molecule has 31 heavy (non-hydrogen) atoms. The standard InChI is InChI=1S/C21H20Cl2N4O4/c1-3-7-24-20(29)21(30)26-27-16(8-12-5-4-6-17(31-2)18(12)27)19(28)25-15-10-13(22)9-14(23)11-15/h4-6,8-11H,3,7H2,1-2H3,(H,24,29)(H,25,28)(H,26,30). The number of methoxy groups -OCH3 is 1. The normalized spacial score (nSPS) is 10.6. The molecule has 0 aliphatic carbocycles. The molecule has 0 spiro atoms. The van der Waals surface area contributed by atoms with Gasteiger partial charge in [-0.25, -0.2) is 4.68 Å². The Hall–Kier alpha value is -3.23. The van der Waals surface area contributed by atoms with Gasteiger partial charge in [0.25, 0.3) is 5.91 Å². The summed E-state index contributed by atoms with van der Waals surface area (Å²) in [6.45, 7) is 2.22. The van der Waals surface area contributed by atoms with Crippen LogP contribution in [0.2, 0.25) is 10.0 Å². The van der Waals surface area contributed by atoms with Crippen molar-refractivity contribution in [2.24, 2.45) is 0 Å². The number of hydrogen-bond donors (Lipinski definition) is 3. The molecule has 8 nitrogen and oxygen atoms in total. The molecule has 3 N–H and O–H groups in total. The first-order chi connectivity index (χ1) is 14.8. The van der Waals surface area contributed by atoms with Crippen molar-refractivity contribution >= 4 is 57.5 Å². The number of halogens is 2. The zero-order chi connectivity index (χ0) is 22.5. The molecule has 0 radical (unpaired) electrons. The Labute approximate surface area is 188 Å². The van der Waals surface area contributed by atoms with Crippen molar-refractivity contribution in [1.29, 1.82) is 0 Å². The van der Waals surface area contributed by atoms with Crippen LogP contribution < -0.4 is 20.8 Å². The molecule has 0 aliphatic rings. The Bertz CT molecular complexity index is 1140. The molecule has 3 rings (SSSR count). The van der Waals surface area contributed by atoms with Crippen LogP contribution >= 0.6 is 23.2 Å². The smallest absolute Gasteiger partial charge is 0.328 e. The van der Waals surface area contributed by atoms with E-state index in [1.54, 1.807) is 24.3 Å². The van der Waals surface area contributed by atoms with Gasteiger partial charge in [0, 0.05) is 27.7 Å². The van der Waals surface area contributed by atoms with Gasteiger partial charge in [-0.15, -0.1) is 0 Å². The maximum Gasteiger partial charge on any atom is 0.328 e. The number of carbonyl (C=O) groups excluding carboxylic acids is 3. The van der Waals surface area contributed by atoms with Crippen LogP contribution in [0.5, 0.6) is 5.75 Å². The van der Waals surface area contributed by atoms with Gasteiger partial charge in [0.2, 0.25) is 0 Å². The molecule has 0 aliphatic heterocycles. The summed E-state index contributed by atoms with van der Waals surface area (Å²) in [4.78, 5) is 37.5. The Morgan fingerprint density at radius 2 is 1.74 bits per heavy atom. The highest BCUT2D eigenvalue weighted by Gasteiger charge is 2.22. The first-order valence-corrected chi connectivity index (χ1v) is 10.1. The van der Waals surface area contributed by atoms with E-state index >= 15 is 0 Å². The van der Waals surface area contributed by atoms with Crippen molar-refractivity contribution in [2.75, 3.05) is 24.4 Å². The van der Waals surface area contributed by atoms with E-state index < -0.39 is 17.7 Å². The zero-order valence-corrected chi connectivity index (χ0v) is 18.3. The molecular formula is C21H20Cl2N4O4. The minimum Gasteiger partial charge on any atom is -0.494 e. The van der Waals surface area contributed by atoms with E-state index in [-0.39, 0.29) is 5.69 Å². The van der Waals surface area contributed by atoms with Gasteiger partial charge in [0.1, 0.15) is 17.0 Å². The molecule has 2 aromatic carbocycles. The molecule has 0 atom stereocenters. The highest BCUT2D eigenvalue weighted by Crippen LogP contribution is 2.29. The van der Waals surface area contributed by atoms with Crippen LogP contribution in [-0.2, 0) is 9.59 Å². The van der Waals surface area contributed by atoms with Crippen molar-refractivity contribution in [1.82, 2.24) is 9.99 Å². The SMILES string of the molecule is CCCNC(=O)C(=O)Nn1c(C(=O)Nc2cc(Cl)cc(Cl)c2)cc2cccc(OC)c21. The van der Waals surface area contributed by atoms with Crippen LogP contribution in [-0.4, -0.2) is 36.1 Å². The van der Waals surface area contributed by atoms with E-state index in [4.69, 9.17) is 27.9 Å². The predicted molar refractivity (Wildman–Crippen MR) is 121 cm³/mol. The molecule has 0 bridgehead atoms. The maximum absolute atomic E-state index is 13.0. The molecule has 0 fully saturated rings. The second kappa shape index (κ2) is 9.72. The van der Waals surface area contributed by atoms with Gasteiger partial charge in [-0.1, -0.05) is 42.3 Å². The molecule has 1 heterocycles. The van der Waals surface area contributed by atoms with E-state index in [0.717, 1.165) is 0 Å². The first kappa shape index (κ1) is 22.5. The fourth-order valence-corrected chi connectivity index (χ4v) is 3.49. The van der Waals surface area contributed by atoms with Crippen LogP contribution in [0.4, 0.5) is 5.69 Å². The van der Waals surface area contributed by atoms with Crippen LogP contribution in [0.1, 0.15) is 23.8 Å². The number of fused-ring (bicyclic) bond motifs is 1. The summed E-state index contributed by atoms with van der Waals surface area (Å²) in [6.07, 6.45) is 0.676. The highest BCUT2D eigenvalue weighted by molar-refractivity contribution is 6.38. The Morgan fingerprint density at radius 1 is 1.03 bits per heavy atom. The average molecular weight is 463 g/mol. The van der Waals surface area contributed by atoms with Crippen LogP contribution in [0.3, 0.4) is 0 Å². The molecule has 0 unspecified atom stereocenters. The minimum absolute atomic E-state index is 0.0761. The fourth-order valence-electron chi connectivity index (χ4n) is 2.97. The molecule has 3 amide bonds. The number of amides is 3. The second-order valence-corrected chi connectivity index (χ2v) is 7.45. The third-order valence-electron chi connectivity index (χ3n) is 4.32. The molecule has 1 aromatic heterocycles. The predicted octanol–water partition coefficient (Wildman–Crippen LogP) is 3.81. The maximum atomic E-state index is 13.0. The Kier molecular flexibility index (Phi) is 7.04. The lowest BCUT2D eigenvalue weighted by atomic mass is 10.2. The number of ether oxygens (including phenoxy) is 1. The number of hydrogen-bond acceptors (Lipinski definition) is 4. The van der Waals surface area contributed by atoms with Gasteiger partial charge in [0.15, 0.2) is 0 Å². The van der Waals surface area contributed by atoms with E-state index in [1.165, 1.54) is 30.0 Å². The lowest BCUT2D eigenvalue weighted by Crippen LogP contribution is -2.40. The number of para-hydroxylation sites is 1. The summed E-state index contributed by atoms with van der Waals surface area (Å²) in [6, 6.07) is 11.4. The summed E-state index contributed by atoms with van der Waals surface area (Å²) in [5, 5.41) is 6.52. The van der Waals surface area contributed by atoms with Gasteiger partial charge in [0.05, 0.1) is 7.11 Å². The molecule has 162 valence electrons. The van der Waals surface area contributed by atoms with Crippen molar-refractivity contribution in [3.8, 4) is 5.75 Å². The molecule has 3 aromatic rings. The molecule has 0 saturated carbocycles. The van der Waals surface area contributed by atoms with Gasteiger partial charge in [-0.2, -0.15) is 0 Å². The summed E-state index contributed by atoms with van der Waals surface area (Å²) in [5.74, 6) is -1.87. The van der Waals surface area contributed by atoms with E-state index in [0.29, 0.717) is 45.4 Å². The molecule has 10 heteroatoms. The number of nitrogens with one attached hydrogen (secondary N) is 3. The summed E-state index contributed by atoms with van der Waals surface area (Å²) in [5.41, 5.74) is 3.36. The summed E-state index contributed by atoms with van der Waals surface area (Å²) < 4.78 is 6.60. The second-order valence-electron chi connectivity index (χ2n) is 6.57. The Balaban J connectivity index is 2.01. The van der Waals surface area contributed by atoms with Crippen LogP contribution in [0.15, 0.2) is 42.5 Å². The number of carbonyl (C=O) groups is 3. The van der Waals surface area contributed by atoms with E-state index in [1.807, 2.05) is 6.92 Å². The fraction of sp³-hybridized carbons (Fsp3) is 0.190. The lowest BCUT2D eigenvalue weighted by molar-refractivity contribution is -0.136. The number of aromatic nitrogens is 1. The topological polar surface area (TPSA) is 101 Å². The molecular weight excluding hydrogens is 443 g/mol. The van der Waals surface area contributed by atoms with Gasteiger partial charge >= 0.3 is 11.8 Å². The highest BCUT2D eigenvalue weighted by atomic mass is 35.5. The van der Waals surface area contributed by atoms with Crippen molar-refractivity contribution in [3.63, 3.8) is 0 Å². The summed E-state index contributed by atoms with van der Waals surface area (Å²) >= 11 is 12.0. The number of rotatable bonds is 6. The quantitative estimate of drug-likeness (QED) is 0.484. The number of nitrogens with zero attached hydrogens (tertiary/aromatic N) is 1. The van der Waals surface area contributed by atoms with Gasteiger partial charge in [-0.05, 0) is 36.8 Å². The average Bonchev–Trinajstić information content (AvgIpc) is 3.09. The lowest BCUT2D eigenvalue weighted by Gasteiger charge is -2.14. The summed E-state index contributed by atoms with van der Waals surface area (Å²) in [7, 11) is 1.47. The zero-order valence-electron chi connectivity index (χ0n) is 16.8. The number of benzene rings is 2. The van der Waals surface area contributed by atoms with Gasteiger partial charge < -0.3 is 15.4 Å². The Morgan fingerprint density at radius 3 is 2.39 bits per heavy atom. The minimum atomic E-state index is -0.920. The molecule has 0 saturated heterocycles.